The van der Waals surface area contributed by atoms with E-state index in [9.17, 15) is 9.50 Å². The normalized spacial score (nSPS) is 12.0. The minimum absolute atomic E-state index is 0.156. The van der Waals surface area contributed by atoms with Crippen molar-refractivity contribution in [1.29, 1.82) is 0 Å². The van der Waals surface area contributed by atoms with Crippen molar-refractivity contribution in [2.45, 2.75) is 20.0 Å². The van der Waals surface area contributed by atoms with E-state index in [4.69, 9.17) is 4.74 Å². The van der Waals surface area contributed by atoms with Crippen LogP contribution in [0.4, 0.5) is 10.1 Å². The molecule has 0 bridgehead atoms. The van der Waals surface area contributed by atoms with Gasteiger partial charge in [0.1, 0.15) is 24.3 Å². The Bertz CT molecular complexity index is 584. The molecule has 2 aromatic rings. The van der Waals surface area contributed by atoms with Gasteiger partial charge in [0.05, 0.1) is 0 Å². The van der Waals surface area contributed by atoms with Crippen molar-refractivity contribution in [2.24, 2.45) is 0 Å². The summed E-state index contributed by atoms with van der Waals surface area (Å²) < 4.78 is 18.1. The Balaban J connectivity index is 1.79. The molecule has 0 spiro atoms. The van der Waals surface area contributed by atoms with Gasteiger partial charge < -0.3 is 15.2 Å². The third-order valence-corrected chi connectivity index (χ3v) is 3.17. The van der Waals surface area contributed by atoms with E-state index < -0.39 is 6.10 Å². The van der Waals surface area contributed by atoms with E-state index in [0.717, 1.165) is 11.3 Å². The highest BCUT2D eigenvalue weighted by Gasteiger charge is 2.06. The van der Waals surface area contributed by atoms with Crippen molar-refractivity contribution in [3.8, 4) is 5.75 Å². The second kappa shape index (κ2) is 7.09. The number of benzene rings is 2. The Morgan fingerprint density at radius 3 is 2.52 bits per heavy atom. The van der Waals surface area contributed by atoms with Crippen LogP contribution >= 0.6 is 0 Å². The van der Waals surface area contributed by atoms with E-state index in [0.29, 0.717) is 12.3 Å². The predicted molar refractivity (Wildman–Crippen MR) is 82.3 cm³/mol. The summed E-state index contributed by atoms with van der Waals surface area (Å²) in [7, 11) is 0. The third kappa shape index (κ3) is 4.76. The first-order chi connectivity index (χ1) is 10.0. The molecule has 2 rings (SSSR count). The molecule has 2 aromatic carbocycles. The standard InChI is InChI=1S/C17H20FNO2/c1-12-3-8-17(13(2)9-12)19-10-15(20)11-21-16-6-4-14(18)5-7-16/h3-9,15,19-20H,10-11H2,1-2H3. The lowest BCUT2D eigenvalue weighted by molar-refractivity contribution is 0.117. The van der Waals surface area contributed by atoms with E-state index in [1.807, 2.05) is 26.0 Å². The highest BCUT2D eigenvalue weighted by atomic mass is 19.1. The zero-order chi connectivity index (χ0) is 15.2. The summed E-state index contributed by atoms with van der Waals surface area (Å²) in [5.41, 5.74) is 3.35. The summed E-state index contributed by atoms with van der Waals surface area (Å²) in [5, 5.41) is 13.1. The van der Waals surface area contributed by atoms with Crippen LogP contribution in [0.2, 0.25) is 0 Å². The summed E-state index contributed by atoms with van der Waals surface area (Å²) in [4.78, 5) is 0. The minimum Gasteiger partial charge on any atom is -0.491 e. The third-order valence-electron chi connectivity index (χ3n) is 3.17. The van der Waals surface area contributed by atoms with Crippen molar-refractivity contribution in [2.75, 3.05) is 18.5 Å². The highest BCUT2D eigenvalue weighted by Crippen LogP contribution is 2.16. The molecule has 21 heavy (non-hydrogen) atoms. The van der Waals surface area contributed by atoms with Gasteiger partial charge in [0, 0.05) is 12.2 Å². The summed E-state index contributed by atoms with van der Waals surface area (Å²) in [5.74, 6) is 0.237. The van der Waals surface area contributed by atoms with Crippen molar-refractivity contribution >= 4 is 5.69 Å². The van der Waals surface area contributed by atoms with Crippen LogP contribution in [0, 0.1) is 19.7 Å². The van der Waals surface area contributed by atoms with Crippen LogP contribution in [0.3, 0.4) is 0 Å². The predicted octanol–water partition coefficient (Wildman–Crippen LogP) is 3.29. The minimum atomic E-state index is -0.643. The molecular weight excluding hydrogens is 269 g/mol. The Morgan fingerprint density at radius 1 is 1.14 bits per heavy atom. The molecule has 0 aliphatic rings. The Labute approximate surface area is 124 Å². The van der Waals surface area contributed by atoms with E-state index >= 15 is 0 Å². The van der Waals surface area contributed by atoms with Crippen LogP contribution < -0.4 is 10.1 Å². The quantitative estimate of drug-likeness (QED) is 0.857. The maximum absolute atomic E-state index is 12.7. The maximum Gasteiger partial charge on any atom is 0.123 e. The molecule has 0 aliphatic carbocycles. The van der Waals surface area contributed by atoms with Crippen LogP contribution in [0.25, 0.3) is 0 Å². The lowest BCUT2D eigenvalue weighted by Crippen LogP contribution is -2.26. The zero-order valence-corrected chi connectivity index (χ0v) is 12.3. The molecule has 0 heterocycles. The molecule has 3 nitrogen and oxygen atoms in total. The fourth-order valence-electron chi connectivity index (χ4n) is 2.02. The number of aryl methyl sites for hydroxylation is 2. The smallest absolute Gasteiger partial charge is 0.123 e. The molecule has 4 heteroatoms. The average Bonchev–Trinajstić information content (AvgIpc) is 2.46. The van der Waals surface area contributed by atoms with Gasteiger partial charge in [-0.1, -0.05) is 17.7 Å². The van der Waals surface area contributed by atoms with Crippen LogP contribution in [0.1, 0.15) is 11.1 Å². The Morgan fingerprint density at radius 2 is 1.86 bits per heavy atom. The number of hydrogen-bond donors (Lipinski definition) is 2. The van der Waals surface area contributed by atoms with Gasteiger partial charge in [-0.15, -0.1) is 0 Å². The molecule has 0 aliphatic heterocycles. The fraction of sp³-hybridized carbons (Fsp3) is 0.294. The first-order valence-corrected chi connectivity index (χ1v) is 6.92. The molecule has 0 aromatic heterocycles. The second-order valence-corrected chi connectivity index (χ2v) is 5.12. The van der Waals surface area contributed by atoms with Crippen molar-refractivity contribution in [1.82, 2.24) is 0 Å². The fourth-order valence-corrected chi connectivity index (χ4v) is 2.02. The number of halogens is 1. The SMILES string of the molecule is Cc1ccc(NCC(O)COc2ccc(F)cc2)c(C)c1. The maximum atomic E-state index is 12.7. The van der Waals surface area contributed by atoms with E-state index in [2.05, 4.69) is 11.4 Å². The molecule has 2 N–H and O–H groups in total. The van der Waals surface area contributed by atoms with Gasteiger partial charge in [0.2, 0.25) is 0 Å². The summed E-state index contributed by atoms with van der Waals surface area (Å²) >= 11 is 0. The number of aliphatic hydroxyl groups is 1. The number of hydrogen-bond acceptors (Lipinski definition) is 3. The van der Waals surface area contributed by atoms with Crippen molar-refractivity contribution in [3.63, 3.8) is 0 Å². The monoisotopic (exact) mass is 289 g/mol. The first-order valence-electron chi connectivity index (χ1n) is 6.92. The molecule has 0 saturated heterocycles. The van der Waals surface area contributed by atoms with Gasteiger partial charge in [-0.25, -0.2) is 4.39 Å². The van der Waals surface area contributed by atoms with Gasteiger partial charge in [-0.3, -0.25) is 0 Å². The van der Waals surface area contributed by atoms with Crippen molar-refractivity contribution in [3.05, 3.63) is 59.4 Å². The molecule has 0 amide bonds. The van der Waals surface area contributed by atoms with Crippen LogP contribution in [0.15, 0.2) is 42.5 Å². The van der Waals surface area contributed by atoms with Gasteiger partial charge in [0.25, 0.3) is 0 Å². The van der Waals surface area contributed by atoms with Gasteiger partial charge in [-0.2, -0.15) is 0 Å². The van der Waals surface area contributed by atoms with Gasteiger partial charge in [-0.05, 0) is 49.7 Å². The summed E-state index contributed by atoms with van der Waals surface area (Å²) in [6, 6.07) is 11.9. The summed E-state index contributed by atoms with van der Waals surface area (Å²) in [6.45, 7) is 4.62. The summed E-state index contributed by atoms with van der Waals surface area (Å²) in [6.07, 6.45) is -0.643. The highest BCUT2D eigenvalue weighted by molar-refractivity contribution is 5.51. The number of nitrogens with one attached hydrogen (secondary N) is 1. The molecular formula is C17H20FNO2. The first kappa shape index (κ1) is 15.3. The number of ether oxygens (including phenoxy) is 1. The topological polar surface area (TPSA) is 41.5 Å². The van der Waals surface area contributed by atoms with Crippen molar-refractivity contribution < 1.29 is 14.2 Å². The average molecular weight is 289 g/mol. The Kier molecular flexibility index (Phi) is 5.17. The van der Waals surface area contributed by atoms with Gasteiger partial charge in [0.15, 0.2) is 0 Å². The number of anilines is 1. The molecule has 112 valence electrons. The molecule has 1 unspecified atom stereocenters. The van der Waals surface area contributed by atoms with Crippen LogP contribution in [-0.2, 0) is 0 Å². The molecule has 0 radical (unpaired) electrons. The van der Waals surface area contributed by atoms with Crippen LogP contribution in [0.5, 0.6) is 5.75 Å². The van der Waals surface area contributed by atoms with E-state index in [-0.39, 0.29) is 12.4 Å². The molecule has 0 fully saturated rings. The number of rotatable bonds is 6. The Hall–Kier alpha value is -2.07. The van der Waals surface area contributed by atoms with Crippen LogP contribution in [-0.4, -0.2) is 24.4 Å². The lowest BCUT2D eigenvalue weighted by Gasteiger charge is -2.15. The number of aliphatic hydroxyl groups excluding tert-OH is 1. The van der Waals surface area contributed by atoms with Gasteiger partial charge >= 0.3 is 0 Å². The van der Waals surface area contributed by atoms with E-state index in [1.165, 1.54) is 17.7 Å². The largest absolute Gasteiger partial charge is 0.491 e. The molecule has 1 atom stereocenters. The molecule has 0 saturated carbocycles. The second-order valence-electron chi connectivity index (χ2n) is 5.12. The lowest BCUT2D eigenvalue weighted by atomic mass is 10.1. The van der Waals surface area contributed by atoms with E-state index in [1.54, 1.807) is 12.1 Å². The zero-order valence-electron chi connectivity index (χ0n) is 12.3.